The normalized spacial score (nSPS) is 21.9. The molecule has 2 N–H and O–H groups in total. The molecule has 0 fully saturated rings. The van der Waals surface area contributed by atoms with Gasteiger partial charge in [0.1, 0.15) is 5.75 Å². The maximum Gasteiger partial charge on any atom is 0.261 e. The average Bonchev–Trinajstić information content (AvgIpc) is 2.92. The highest BCUT2D eigenvalue weighted by molar-refractivity contribution is 6.30. The van der Waals surface area contributed by atoms with Crippen LogP contribution < -0.4 is 10.1 Å². The molecule has 0 aliphatic heterocycles. The summed E-state index contributed by atoms with van der Waals surface area (Å²) in [6.45, 7) is 3.99. The summed E-state index contributed by atoms with van der Waals surface area (Å²) in [5.74, 6) is 0.578. The first kappa shape index (κ1) is 16.8. The fourth-order valence-electron chi connectivity index (χ4n) is 2.46. The number of amides is 1. The summed E-state index contributed by atoms with van der Waals surface area (Å²) < 4.78 is 5.81. The van der Waals surface area contributed by atoms with Gasteiger partial charge in [-0.3, -0.25) is 4.79 Å². The summed E-state index contributed by atoms with van der Waals surface area (Å²) in [6, 6.07) is 6.98. The third kappa shape index (κ3) is 4.49. The zero-order chi connectivity index (χ0) is 16.1. The summed E-state index contributed by atoms with van der Waals surface area (Å²) in [4.78, 5) is 12.5. The van der Waals surface area contributed by atoms with Crippen LogP contribution in [0.1, 0.15) is 20.3 Å². The molecule has 120 valence electrons. The summed E-state index contributed by atoms with van der Waals surface area (Å²) in [5, 5.41) is 12.7. The minimum atomic E-state index is -0.583. The van der Waals surface area contributed by atoms with Gasteiger partial charge in [-0.25, -0.2) is 0 Å². The largest absolute Gasteiger partial charge is 0.480 e. The van der Waals surface area contributed by atoms with Gasteiger partial charge in [-0.2, -0.15) is 0 Å². The molecule has 0 saturated carbocycles. The van der Waals surface area contributed by atoms with Gasteiger partial charge in [-0.1, -0.05) is 43.7 Å². The van der Waals surface area contributed by atoms with E-state index < -0.39 is 6.10 Å². The molecule has 5 heteroatoms. The van der Waals surface area contributed by atoms with Gasteiger partial charge < -0.3 is 15.2 Å². The van der Waals surface area contributed by atoms with Crippen molar-refractivity contribution in [3.05, 3.63) is 41.4 Å². The van der Waals surface area contributed by atoms with Gasteiger partial charge in [-0.05, 0) is 30.5 Å². The van der Waals surface area contributed by atoms with E-state index in [4.69, 9.17) is 21.4 Å². The van der Waals surface area contributed by atoms with Gasteiger partial charge in [0.2, 0.25) is 0 Å². The number of rotatable bonds is 6. The van der Waals surface area contributed by atoms with Crippen molar-refractivity contribution in [2.75, 3.05) is 6.61 Å². The Hall–Kier alpha value is -1.52. The van der Waals surface area contributed by atoms with E-state index in [-0.39, 0.29) is 30.4 Å². The Bertz CT molecular complexity index is 544. The number of halogens is 1. The summed E-state index contributed by atoms with van der Waals surface area (Å²) in [6.07, 6.45) is 4.01. The van der Waals surface area contributed by atoms with Gasteiger partial charge in [0.05, 0.1) is 0 Å². The second kappa shape index (κ2) is 7.65. The smallest absolute Gasteiger partial charge is 0.261 e. The van der Waals surface area contributed by atoms with Crippen molar-refractivity contribution in [1.82, 2.24) is 5.32 Å². The van der Waals surface area contributed by atoms with Gasteiger partial charge in [0.25, 0.3) is 5.91 Å². The summed E-state index contributed by atoms with van der Waals surface area (Å²) in [5.41, 5.74) is 0. The summed E-state index contributed by atoms with van der Waals surface area (Å²) >= 11 is 5.94. The lowest BCUT2D eigenvalue weighted by Gasteiger charge is -2.24. The molecule has 0 spiro atoms. The molecule has 3 atom stereocenters. The first-order valence-corrected chi connectivity index (χ1v) is 7.89. The quantitative estimate of drug-likeness (QED) is 0.791. The molecule has 22 heavy (non-hydrogen) atoms. The average molecular weight is 324 g/mol. The van der Waals surface area contributed by atoms with Crippen LogP contribution in [0.4, 0.5) is 0 Å². The number of benzene rings is 1. The van der Waals surface area contributed by atoms with Crippen molar-refractivity contribution in [3.63, 3.8) is 0 Å². The molecule has 1 aromatic rings. The number of carbonyl (C=O) groups excluding carboxylic acids is 1. The predicted octanol–water partition coefficient (Wildman–Crippen LogP) is 2.80. The molecular weight excluding hydrogens is 302 g/mol. The van der Waals surface area contributed by atoms with E-state index >= 15 is 0 Å². The van der Waals surface area contributed by atoms with Gasteiger partial charge in [0.15, 0.2) is 6.10 Å². The molecule has 0 heterocycles. The Kier molecular flexibility index (Phi) is 5.86. The molecule has 1 aliphatic rings. The molecule has 0 saturated heterocycles. The highest BCUT2D eigenvalue weighted by atomic mass is 35.5. The number of aliphatic hydroxyl groups is 1. The number of carbonyl (C=O) groups is 1. The number of hydrogen-bond acceptors (Lipinski definition) is 3. The third-order valence-corrected chi connectivity index (χ3v) is 3.89. The Balaban J connectivity index is 1.99. The minimum Gasteiger partial charge on any atom is -0.480 e. The predicted molar refractivity (Wildman–Crippen MR) is 87.0 cm³/mol. The topological polar surface area (TPSA) is 58.6 Å². The SMILES string of the molecule is CC(C)C(Oc1cccc(Cl)c1)C(=O)N[C@@H]1C=C[C@H](CO)C1. The first-order chi connectivity index (χ1) is 10.5. The van der Waals surface area contributed by atoms with E-state index in [1.165, 1.54) is 0 Å². The fourth-order valence-corrected chi connectivity index (χ4v) is 2.64. The van der Waals surface area contributed by atoms with Crippen LogP contribution in [0.15, 0.2) is 36.4 Å². The van der Waals surface area contributed by atoms with Crippen LogP contribution in [0.2, 0.25) is 5.02 Å². The molecule has 1 aromatic carbocycles. The summed E-state index contributed by atoms with van der Waals surface area (Å²) in [7, 11) is 0. The van der Waals surface area contributed by atoms with Crippen molar-refractivity contribution < 1.29 is 14.6 Å². The van der Waals surface area contributed by atoms with E-state index in [1.807, 2.05) is 26.0 Å². The monoisotopic (exact) mass is 323 g/mol. The van der Waals surface area contributed by atoms with E-state index in [1.54, 1.807) is 24.3 Å². The van der Waals surface area contributed by atoms with Crippen LogP contribution in [0, 0.1) is 11.8 Å². The molecule has 1 unspecified atom stereocenters. The molecule has 1 amide bonds. The maximum absolute atomic E-state index is 12.5. The molecule has 2 rings (SSSR count). The van der Waals surface area contributed by atoms with Gasteiger partial charge >= 0.3 is 0 Å². The lowest BCUT2D eigenvalue weighted by molar-refractivity contribution is -0.130. The Morgan fingerprint density at radius 1 is 1.45 bits per heavy atom. The number of ether oxygens (including phenoxy) is 1. The molecule has 1 aliphatic carbocycles. The van der Waals surface area contributed by atoms with Crippen LogP contribution >= 0.6 is 11.6 Å². The van der Waals surface area contributed by atoms with Crippen molar-refractivity contribution in [3.8, 4) is 5.75 Å². The van der Waals surface area contributed by atoms with Crippen molar-refractivity contribution in [2.45, 2.75) is 32.4 Å². The number of nitrogens with one attached hydrogen (secondary N) is 1. The van der Waals surface area contributed by atoms with E-state index in [0.29, 0.717) is 10.8 Å². The van der Waals surface area contributed by atoms with Gasteiger partial charge in [0, 0.05) is 23.6 Å². The first-order valence-electron chi connectivity index (χ1n) is 7.51. The maximum atomic E-state index is 12.5. The standard InChI is InChI=1S/C17H22ClNO3/c1-11(2)16(22-15-5-3-4-13(18)9-15)17(21)19-14-7-6-12(8-14)10-20/h3-7,9,11-12,14,16,20H,8,10H2,1-2H3,(H,19,21)/t12-,14+,16?/m0/s1. The van der Waals surface area contributed by atoms with Crippen molar-refractivity contribution in [1.29, 1.82) is 0 Å². The van der Waals surface area contributed by atoms with E-state index in [0.717, 1.165) is 6.42 Å². The number of aliphatic hydroxyl groups excluding tert-OH is 1. The van der Waals surface area contributed by atoms with Crippen LogP contribution in [0.3, 0.4) is 0 Å². The van der Waals surface area contributed by atoms with Crippen LogP contribution in [0.5, 0.6) is 5.75 Å². The van der Waals surface area contributed by atoms with E-state index in [9.17, 15) is 4.79 Å². The zero-order valence-electron chi connectivity index (χ0n) is 12.8. The second-order valence-corrected chi connectivity index (χ2v) is 6.35. The Morgan fingerprint density at radius 2 is 2.23 bits per heavy atom. The van der Waals surface area contributed by atoms with Crippen LogP contribution in [-0.4, -0.2) is 29.8 Å². The lowest BCUT2D eigenvalue weighted by atomic mass is 10.1. The lowest BCUT2D eigenvalue weighted by Crippen LogP contribution is -2.45. The van der Waals surface area contributed by atoms with Crippen molar-refractivity contribution in [2.24, 2.45) is 11.8 Å². The molecule has 0 aromatic heterocycles. The Morgan fingerprint density at radius 3 is 2.82 bits per heavy atom. The Labute approximate surface area is 136 Å². The highest BCUT2D eigenvalue weighted by Crippen LogP contribution is 2.22. The molecular formula is C17H22ClNO3. The van der Waals surface area contributed by atoms with Crippen molar-refractivity contribution >= 4 is 17.5 Å². The molecule has 0 bridgehead atoms. The van der Waals surface area contributed by atoms with E-state index in [2.05, 4.69) is 5.32 Å². The third-order valence-electron chi connectivity index (χ3n) is 3.66. The van der Waals surface area contributed by atoms with Gasteiger partial charge in [-0.15, -0.1) is 0 Å². The minimum absolute atomic E-state index is 0.0259. The highest BCUT2D eigenvalue weighted by Gasteiger charge is 2.28. The molecule has 4 nitrogen and oxygen atoms in total. The fraction of sp³-hybridized carbons (Fsp3) is 0.471. The number of hydrogen-bond donors (Lipinski definition) is 2. The molecule has 0 radical (unpaired) electrons. The zero-order valence-corrected chi connectivity index (χ0v) is 13.6. The van der Waals surface area contributed by atoms with Crippen LogP contribution in [0.25, 0.3) is 0 Å². The second-order valence-electron chi connectivity index (χ2n) is 5.92. The van der Waals surface area contributed by atoms with Crippen LogP contribution in [-0.2, 0) is 4.79 Å².